The lowest BCUT2D eigenvalue weighted by Crippen LogP contribution is -2.86. The molecule has 2 rings (SSSR count). The number of benzene rings is 2. The Morgan fingerprint density at radius 3 is 2.68 bits per heavy atom. The van der Waals surface area contributed by atoms with Crippen LogP contribution in [-0.2, 0) is 4.79 Å². The molecule has 0 aliphatic rings. The number of carbonyl (C=O) groups is 1. The third-order valence-corrected chi connectivity index (χ3v) is 3.56. The van der Waals surface area contributed by atoms with E-state index < -0.39 is 0 Å². The highest BCUT2D eigenvalue weighted by molar-refractivity contribution is 6.30. The normalized spacial score (nSPS) is 11.5. The van der Waals surface area contributed by atoms with Gasteiger partial charge >= 0.3 is 0 Å². The maximum atomic E-state index is 11.9. The Morgan fingerprint density at radius 1 is 1.32 bits per heavy atom. The zero-order chi connectivity index (χ0) is 15.9. The quantitative estimate of drug-likeness (QED) is 0.890. The van der Waals surface area contributed by atoms with Crippen molar-refractivity contribution in [3.05, 3.63) is 64.7 Å². The van der Waals surface area contributed by atoms with E-state index in [1.807, 2.05) is 42.6 Å². The molecule has 0 unspecified atom stereocenters. The van der Waals surface area contributed by atoms with Gasteiger partial charge in [-0.25, -0.2) is 0 Å². The van der Waals surface area contributed by atoms with Crippen LogP contribution in [0.15, 0.2) is 48.5 Å². The lowest BCUT2D eigenvalue weighted by Gasteiger charge is -2.11. The Bertz CT molecular complexity index is 692. The number of halogens is 1. The first-order chi connectivity index (χ1) is 10.6. The highest BCUT2D eigenvalue weighted by Gasteiger charge is 2.12. The van der Waals surface area contributed by atoms with E-state index in [0.717, 1.165) is 5.56 Å². The predicted octanol–water partition coefficient (Wildman–Crippen LogP) is 2.47. The predicted molar refractivity (Wildman–Crippen MR) is 86.4 cm³/mol. The van der Waals surface area contributed by atoms with Crippen LogP contribution in [0.5, 0.6) is 0 Å². The van der Waals surface area contributed by atoms with Crippen LogP contribution in [0.2, 0.25) is 5.02 Å². The van der Waals surface area contributed by atoms with E-state index in [1.165, 1.54) is 0 Å². The van der Waals surface area contributed by atoms with Crippen molar-refractivity contribution in [1.82, 2.24) is 0 Å². The van der Waals surface area contributed by atoms with Crippen molar-refractivity contribution in [3.8, 4) is 6.07 Å². The van der Waals surface area contributed by atoms with Crippen LogP contribution in [0, 0.1) is 11.3 Å². The Hall–Kier alpha value is -2.35. The Kier molecular flexibility index (Phi) is 5.54. The molecule has 0 fully saturated rings. The molecular weight excluding hydrogens is 298 g/mol. The van der Waals surface area contributed by atoms with Gasteiger partial charge in [0.1, 0.15) is 6.04 Å². The molecule has 0 aliphatic heterocycles. The minimum atomic E-state index is -0.0846. The molecule has 112 valence electrons. The lowest BCUT2D eigenvalue weighted by atomic mass is 10.1. The second kappa shape index (κ2) is 7.60. The smallest absolute Gasteiger partial charge is 0.279 e. The van der Waals surface area contributed by atoms with Gasteiger partial charge in [-0.15, -0.1) is 0 Å². The maximum Gasteiger partial charge on any atom is 0.279 e. The first-order valence-electron chi connectivity index (χ1n) is 6.97. The van der Waals surface area contributed by atoms with E-state index in [0.29, 0.717) is 22.8 Å². The summed E-state index contributed by atoms with van der Waals surface area (Å²) in [6, 6.07) is 16.6. The fraction of sp³-hybridized carbons (Fsp3) is 0.176. The second-order valence-electron chi connectivity index (χ2n) is 5.02. The first kappa shape index (κ1) is 16.0. The summed E-state index contributed by atoms with van der Waals surface area (Å²) in [6.07, 6.45) is 0. The van der Waals surface area contributed by atoms with Crippen molar-refractivity contribution in [2.24, 2.45) is 0 Å². The molecule has 0 saturated carbocycles. The van der Waals surface area contributed by atoms with Crippen LogP contribution in [0.25, 0.3) is 0 Å². The van der Waals surface area contributed by atoms with Crippen LogP contribution in [0.3, 0.4) is 0 Å². The van der Waals surface area contributed by atoms with Gasteiger partial charge in [0.2, 0.25) is 0 Å². The molecule has 0 bridgehead atoms. The van der Waals surface area contributed by atoms with E-state index in [2.05, 4.69) is 5.32 Å². The monoisotopic (exact) mass is 314 g/mol. The fourth-order valence-corrected chi connectivity index (χ4v) is 2.25. The third-order valence-electron chi connectivity index (χ3n) is 3.33. The Labute approximate surface area is 134 Å². The van der Waals surface area contributed by atoms with Gasteiger partial charge in [0.15, 0.2) is 6.54 Å². The number of carbonyl (C=O) groups excluding carboxylic acids is 1. The average Bonchev–Trinajstić information content (AvgIpc) is 2.53. The van der Waals surface area contributed by atoms with Crippen molar-refractivity contribution in [2.75, 3.05) is 11.9 Å². The molecule has 0 aliphatic carbocycles. The second-order valence-corrected chi connectivity index (χ2v) is 5.46. The fourth-order valence-electron chi connectivity index (χ4n) is 2.05. The molecule has 2 aromatic carbocycles. The number of nitrogens with zero attached hydrogens (tertiary/aromatic N) is 1. The van der Waals surface area contributed by atoms with Gasteiger partial charge in [-0.3, -0.25) is 4.79 Å². The van der Waals surface area contributed by atoms with Gasteiger partial charge < -0.3 is 10.6 Å². The van der Waals surface area contributed by atoms with Gasteiger partial charge in [-0.1, -0.05) is 23.7 Å². The minimum absolute atomic E-state index is 0.0846. The van der Waals surface area contributed by atoms with Gasteiger partial charge in [0.25, 0.3) is 5.91 Å². The summed E-state index contributed by atoms with van der Waals surface area (Å²) in [6.45, 7) is 2.34. The zero-order valence-corrected chi connectivity index (χ0v) is 13.0. The highest BCUT2D eigenvalue weighted by Crippen LogP contribution is 2.14. The topological polar surface area (TPSA) is 69.5 Å². The van der Waals surface area contributed by atoms with Crippen LogP contribution in [-0.4, -0.2) is 12.5 Å². The van der Waals surface area contributed by atoms with Gasteiger partial charge in [-0.05, 0) is 43.3 Å². The number of nitrogens with one attached hydrogen (secondary N) is 1. The van der Waals surface area contributed by atoms with E-state index in [1.54, 1.807) is 24.3 Å². The number of hydrogen-bond acceptors (Lipinski definition) is 2. The number of amides is 1. The summed E-state index contributed by atoms with van der Waals surface area (Å²) in [7, 11) is 0. The third kappa shape index (κ3) is 4.59. The average molecular weight is 315 g/mol. The highest BCUT2D eigenvalue weighted by atomic mass is 35.5. The van der Waals surface area contributed by atoms with Crippen LogP contribution >= 0.6 is 11.6 Å². The lowest BCUT2D eigenvalue weighted by molar-refractivity contribution is -0.682. The van der Waals surface area contributed by atoms with E-state index in [4.69, 9.17) is 16.9 Å². The van der Waals surface area contributed by atoms with Crippen molar-refractivity contribution in [1.29, 1.82) is 5.26 Å². The molecule has 0 saturated heterocycles. The number of rotatable bonds is 5. The van der Waals surface area contributed by atoms with Gasteiger partial charge in [0.05, 0.1) is 11.6 Å². The summed E-state index contributed by atoms with van der Waals surface area (Å²) in [4.78, 5) is 11.9. The van der Waals surface area contributed by atoms with E-state index in [9.17, 15) is 4.79 Å². The summed E-state index contributed by atoms with van der Waals surface area (Å²) >= 11 is 5.97. The number of nitrogens with two attached hydrogens (primary N) is 1. The first-order valence-corrected chi connectivity index (χ1v) is 7.35. The van der Waals surface area contributed by atoms with Gasteiger partial charge in [-0.2, -0.15) is 5.26 Å². The number of quaternary nitrogens is 1. The maximum absolute atomic E-state index is 11.9. The molecule has 22 heavy (non-hydrogen) atoms. The largest absolute Gasteiger partial charge is 0.333 e. The Morgan fingerprint density at radius 2 is 2.05 bits per heavy atom. The molecule has 5 heteroatoms. The number of hydrogen-bond donors (Lipinski definition) is 2. The van der Waals surface area contributed by atoms with E-state index in [-0.39, 0.29) is 11.9 Å². The van der Waals surface area contributed by atoms with Crippen molar-refractivity contribution in [2.45, 2.75) is 13.0 Å². The summed E-state index contributed by atoms with van der Waals surface area (Å²) < 4.78 is 0. The standard InChI is InChI=1S/C17H16ClN3O/c1-12(14-3-2-4-15(18)9-14)20-11-17(22)21-16-7-5-13(10-19)6-8-16/h2-9,12,20H,11H2,1H3,(H,21,22)/p+1/t12-/m1/s1. The molecular formula is C17H17ClN3O+. The molecule has 1 amide bonds. The van der Waals surface area contributed by atoms with Crippen LogP contribution < -0.4 is 10.6 Å². The summed E-state index contributed by atoms with van der Waals surface area (Å²) in [5.74, 6) is -0.0846. The molecule has 0 heterocycles. The number of nitriles is 1. The van der Waals surface area contributed by atoms with Gasteiger partial charge in [0, 0.05) is 16.3 Å². The van der Waals surface area contributed by atoms with Crippen molar-refractivity contribution in [3.63, 3.8) is 0 Å². The zero-order valence-electron chi connectivity index (χ0n) is 12.2. The minimum Gasteiger partial charge on any atom is -0.333 e. The molecule has 2 aromatic rings. The molecule has 0 aromatic heterocycles. The molecule has 1 atom stereocenters. The van der Waals surface area contributed by atoms with Crippen molar-refractivity contribution >= 4 is 23.2 Å². The molecule has 3 N–H and O–H groups in total. The Balaban J connectivity index is 1.85. The molecule has 4 nitrogen and oxygen atoms in total. The van der Waals surface area contributed by atoms with Crippen LogP contribution in [0.4, 0.5) is 5.69 Å². The van der Waals surface area contributed by atoms with Crippen LogP contribution in [0.1, 0.15) is 24.1 Å². The van der Waals surface area contributed by atoms with E-state index >= 15 is 0 Å². The number of anilines is 1. The summed E-state index contributed by atoms with van der Waals surface area (Å²) in [5, 5.41) is 14.2. The molecule has 0 radical (unpaired) electrons. The SMILES string of the molecule is C[C@@H]([NH2+]CC(=O)Nc1ccc(C#N)cc1)c1cccc(Cl)c1. The van der Waals surface area contributed by atoms with Crippen molar-refractivity contribution < 1.29 is 10.1 Å². The molecule has 0 spiro atoms. The summed E-state index contributed by atoms with van der Waals surface area (Å²) in [5.41, 5.74) is 2.34.